The van der Waals surface area contributed by atoms with Gasteiger partial charge in [-0.2, -0.15) is 0 Å². The van der Waals surface area contributed by atoms with Crippen molar-refractivity contribution >= 4 is 0 Å². The van der Waals surface area contributed by atoms with Gasteiger partial charge in [-0.15, -0.1) is 0 Å². The average Bonchev–Trinajstić information content (AvgIpc) is 2.54. The van der Waals surface area contributed by atoms with Crippen LogP contribution in [0.3, 0.4) is 0 Å². The molecular weight excluding hydrogens is 138 g/mol. The molecule has 1 saturated heterocycles. The molecule has 0 aromatic heterocycles. The van der Waals surface area contributed by atoms with Crippen molar-refractivity contribution in [3.05, 3.63) is 0 Å². The fraction of sp³-hybridized carbons (Fsp3) is 1.00. The van der Waals surface area contributed by atoms with Gasteiger partial charge in [0.1, 0.15) is 0 Å². The van der Waals surface area contributed by atoms with E-state index in [4.69, 9.17) is 4.74 Å². The zero-order valence-corrected chi connectivity index (χ0v) is 7.34. The van der Waals surface area contributed by atoms with E-state index in [2.05, 4.69) is 19.3 Å². The van der Waals surface area contributed by atoms with E-state index in [0.29, 0.717) is 0 Å². The molecule has 0 bridgehead atoms. The van der Waals surface area contributed by atoms with Crippen LogP contribution in [0.2, 0.25) is 0 Å². The minimum absolute atomic E-state index is 0.744. The summed E-state index contributed by atoms with van der Waals surface area (Å²) >= 11 is 0. The summed E-state index contributed by atoms with van der Waals surface area (Å²) in [6.07, 6.45) is 1.26. The Bertz CT molecular complexity index is 134. The van der Waals surface area contributed by atoms with E-state index in [0.717, 1.165) is 37.0 Å². The third-order valence-electron chi connectivity index (χ3n) is 3.29. The van der Waals surface area contributed by atoms with Crippen molar-refractivity contribution in [3.63, 3.8) is 0 Å². The highest BCUT2D eigenvalue weighted by molar-refractivity contribution is 5.05. The summed E-state index contributed by atoms with van der Waals surface area (Å²) < 4.78 is 5.35. The maximum absolute atomic E-state index is 5.35. The van der Waals surface area contributed by atoms with E-state index in [-0.39, 0.29) is 0 Å². The van der Waals surface area contributed by atoms with Crippen LogP contribution in [0.4, 0.5) is 0 Å². The Labute approximate surface area is 68.3 Å². The molecule has 3 unspecified atom stereocenters. The van der Waals surface area contributed by atoms with Gasteiger partial charge in [0, 0.05) is 6.04 Å². The Morgan fingerprint density at radius 2 is 2.09 bits per heavy atom. The normalized spacial score (nSPS) is 43.6. The van der Waals surface area contributed by atoms with E-state index < -0.39 is 0 Å². The molecule has 0 radical (unpaired) electrons. The lowest BCUT2D eigenvalue weighted by Gasteiger charge is -2.15. The molecule has 1 aliphatic heterocycles. The molecule has 64 valence electrons. The predicted octanol–water partition coefficient (Wildman–Crippen LogP) is 0.877. The third-order valence-corrected chi connectivity index (χ3v) is 3.29. The standard InChI is InChI=1S/C9H17NO/c1-3-8(10-2)9-6-4-11-5-7(6)9/h6-10H,3-5H2,1-2H3. The van der Waals surface area contributed by atoms with Crippen molar-refractivity contribution in [2.24, 2.45) is 17.8 Å². The van der Waals surface area contributed by atoms with Crippen LogP contribution in [0.25, 0.3) is 0 Å². The molecule has 2 heteroatoms. The molecule has 0 aromatic carbocycles. The van der Waals surface area contributed by atoms with Crippen molar-refractivity contribution in [3.8, 4) is 0 Å². The van der Waals surface area contributed by atoms with Crippen LogP contribution >= 0.6 is 0 Å². The van der Waals surface area contributed by atoms with Crippen LogP contribution in [0.15, 0.2) is 0 Å². The quantitative estimate of drug-likeness (QED) is 0.653. The topological polar surface area (TPSA) is 21.3 Å². The highest BCUT2D eigenvalue weighted by Crippen LogP contribution is 2.52. The minimum Gasteiger partial charge on any atom is -0.381 e. The van der Waals surface area contributed by atoms with Crippen LogP contribution in [-0.4, -0.2) is 26.3 Å². The summed E-state index contributed by atoms with van der Waals surface area (Å²) in [5, 5.41) is 3.39. The summed E-state index contributed by atoms with van der Waals surface area (Å²) in [5.74, 6) is 2.72. The molecule has 11 heavy (non-hydrogen) atoms. The number of ether oxygens (including phenoxy) is 1. The monoisotopic (exact) mass is 155 g/mol. The second-order valence-corrected chi connectivity index (χ2v) is 3.75. The number of hydrogen-bond donors (Lipinski definition) is 1. The zero-order valence-electron chi connectivity index (χ0n) is 7.34. The summed E-state index contributed by atoms with van der Waals surface area (Å²) in [7, 11) is 2.07. The van der Waals surface area contributed by atoms with E-state index in [1.165, 1.54) is 6.42 Å². The number of nitrogens with one attached hydrogen (secondary N) is 1. The molecule has 1 heterocycles. The van der Waals surface area contributed by atoms with Crippen molar-refractivity contribution in [2.75, 3.05) is 20.3 Å². The summed E-state index contributed by atoms with van der Waals surface area (Å²) in [4.78, 5) is 0. The first kappa shape index (κ1) is 7.56. The molecule has 0 aromatic rings. The zero-order chi connectivity index (χ0) is 7.84. The molecule has 1 N–H and O–H groups in total. The van der Waals surface area contributed by atoms with E-state index in [9.17, 15) is 0 Å². The highest BCUT2D eigenvalue weighted by atomic mass is 16.5. The Morgan fingerprint density at radius 1 is 1.45 bits per heavy atom. The van der Waals surface area contributed by atoms with E-state index in [1.54, 1.807) is 0 Å². The van der Waals surface area contributed by atoms with Crippen LogP contribution in [-0.2, 0) is 4.74 Å². The second-order valence-electron chi connectivity index (χ2n) is 3.75. The van der Waals surface area contributed by atoms with Crippen LogP contribution in [0, 0.1) is 17.8 Å². The second kappa shape index (κ2) is 2.76. The van der Waals surface area contributed by atoms with Gasteiger partial charge in [-0.1, -0.05) is 6.92 Å². The van der Waals surface area contributed by atoms with Gasteiger partial charge in [-0.3, -0.25) is 0 Å². The lowest BCUT2D eigenvalue weighted by Crippen LogP contribution is -2.29. The summed E-state index contributed by atoms with van der Waals surface area (Å²) in [5.41, 5.74) is 0. The Morgan fingerprint density at radius 3 is 2.55 bits per heavy atom. The summed E-state index contributed by atoms with van der Waals surface area (Å²) in [6.45, 7) is 4.30. The van der Waals surface area contributed by atoms with Crippen molar-refractivity contribution in [1.29, 1.82) is 0 Å². The largest absolute Gasteiger partial charge is 0.381 e. The molecule has 2 rings (SSSR count). The van der Waals surface area contributed by atoms with Gasteiger partial charge >= 0.3 is 0 Å². The smallest absolute Gasteiger partial charge is 0.0501 e. The lowest BCUT2D eigenvalue weighted by molar-refractivity contribution is 0.143. The predicted molar refractivity (Wildman–Crippen MR) is 44.4 cm³/mol. The van der Waals surface area contributed by atoms with Gasteiger partial charge in [0.2, 0.25) is 0 Å². The van der Waals surface area contributed by atoms with Crippen LogP contribution < -0.4 is 5.32 Å². The fourth-order valence-electron chi connectivity index (χ4n) is 2.55. The Balaban J connectivity index is 1.88. The fourth-order valence-corrected chi connectivity index (χ4v) is 2.55. The highest BCUT2D eigenvalue weighted by Gasteiger charge is 2.56. The van der Waals surface area contributed by atoms with Gasteiger partial charge in [0.05, 0.1) is 13.2 Å². The van der Waals surface area contributed by atoms with Gasteiger partial charge < -0.3 is 10.1 Å². The number of fused-ring (bicyclic) bond motifs is 1. The SMILES string of the molecule is CCC(NC)C1C2COCC21. The van der Waals surface area contributed by atoms with Crippen molar-refractivity contribution in [1.82, 2.24) is 5.32 Å². The molecule has 1 aliphatic carbocycles. The third kappa shape index (κ3) is 1.09. The van der Waals surface area contributed by atoms with E-state index >= 15 is 0 Å². The maximum atomic E-state index is 5.35. The average molecular weight is 155 g/mol. The Hall–Kier alpha value is -0.0800. The molecular formula is C9H17NO. The number of rotatable bonds is 3. The summed E-state index contributed by atoms with van der Waals surface area (Å²) in [6, 6.07) is 0.744. The molecule has 1 saturated carbocycles. The van der Waals surface area contributed by atoms with Gasteiger partial charge in [-0.25, -0.2) is 0 Å². The molecule has 2 nitrogen and oxygen atoms in total. The Kier molecular flexibility index (Phi) is 1.90. The van der Waals surface area contributed by atoms with Crippen molar-refractivity contribution < 1.29 is 4.74 Å². The molecule has 3 atom stereocenters. The minimum atomic E-state index is 0.744. The van der Waals surface area contributed by atoms with Gasteiger partial charge in [-0.05, 0) is 31.2 Å². The van der Waals surface area contributed by atoms with Gasteiger partial charge in [0.25, 0.3) is 0 Å². The molecule has 0 spiro atoms. The maximum Gasteiger partial charge on any atom is 0.0501 e. The molecule has 2 fully saturated rings. The van der Waals surface area contributed by atoms with Crippen molar-refractivity contribution in [2.45, 2.75) is 19.4 Å². The molecule has 2 aliphatic rings. The van der Waals surface area contributed by atoms with Crippen LogP contribution in [0.5, 0.6) is 0 Å². The van der Waals surface area contributed by atoms with E-state index in [1.807, 2.05) is 0 Å². The lowest BCUT2D eigenvalue weighted by atomic mass is 10.1. The van der Waals surface area contributed by atoms with Gasteiger partial charge in [0.15, 0.2) is 0 Å². The number of hydrogen-bond acceptors (Lipinski definition) is 2. The van der Waals surface area contributed by atoms with Crippen LogP contribution in [0.1, 0.15) is 13.3 Å². The first-order valence-corrected chi connectivity index (χ1v) is 4.63. The molecule has 0 amide bonds. The first-order valence-electron chi connectivity index (χ1n) is 4.63. The first-order chi connectivity index (χ1) is 5.38.